The number of hydrogen-bond donors (Lipinski definition) is 2. The Morgan fingerprint density at radius 3 is 2.52 bits per heavy atom. The number of rotatable bonds is 4. The standard InChI is InChI=1S/C15H15N3O4S/c1-8-11(14(20)22-9(2)12(19)18-15(16)21)23-13(17-8)10-6-4-3-5-7-10/h3-7,9H,1-2H3,(H3,16,18,19,21)/t9-/m0/s1. The maximum absolute atomic E-state index is 12.2. The second kappa shape index (κ2) is 7.01. The minimum Gasteiger partial charge on any atom is -0.448 e. The molecule has 7 nitrogen and oxygen atoms in total. The third-order valence-electron chi connectivity index (χ3n) is 2.90. The quantitative estimate of drug-likeness (QED) is 0.830. The number of ether oxygens (including phenoxy) is 1. The molecule has 0 unspecified atom stereocenters. The largest absolute Gasteiger partial charge is 0.448 e. The molecule has 2 aromatic rings. The first-order chi connectivity index (χ1) is 10.9. The minimum atomic E-state index is -1.14. The van der Waals surface area contributed by atoms with Crippen molar-refractivity contribution in [3.05, 3.63) is 40.9 Å². The van der Waals surface area contributed by atoms with Gasteiger partial charge in [-0.1, -0.05) is 30.3 Å². The number of benzene rings is 1. The van der Waals surface area contributed by atoms with Crippen LogP contribution in [0.3, 0.4) is 0 Å². The predicted molar refractivity (Wildman–Crippen MR) is 84.9 cm³/mol. The summed E-state index contributed by atoms with van der Waals surface area (Å²) in [6.45, 7) is 3.04. The van der Waals surface area contributed by atoms with Gasteiger partial charge in [0.15, 0.2) is 6.10 Å². The summed E-state index contributed by atoms with van der Waals surface area (Å²) in [5.74, 6) is -1.45. The summed E-state index contributed by atoms with van der Waals surface area (Å²) < 4.78 is 5.04. The SMILES string of the molecule is Cc1nc(-c2ccccc2)sc1C(=O)O[C@@H](C)C(=O)NC(N)=O. The first kappa shape index (κ1) is 16.6. The summed E-state index contributed by atoms with van der Waals surface area (Å²) >= 11 is 1.18. The molecule has 0 aliphatic heterocycles. The van der Waals surface area contributed by atoms with Crippen molar-refractivity contribution in [3.8, 4) is 10.6 Å². The fourth-order valence-electron chi connectivity index (χ4n) is 1.78. The van der Waals surface area contributed by atoms with Crippen molar-refractivity contribution in [3.63, 3.8) is 0 Å². The van der Waals surface area contributed by atoms with E-state index in [2.05, 4.69) is 4.98 Å². The second-order valence-corrected chi connectivity index (χ2v) is 5.70. The molecule has 0 saturated carbocycles. The summed E-state index contributed by atoms with van der Waals surface area (Å²) in [6.07, 6.45) is -1.14. The summed E-state index contributed by atoms with van der Waals surface area (Å²) in [5, 5.41) is 2.54. The molecule has 1 heterocycles. The van der Waals surface area contributed by atoms with Crippen LogP contribution in [0.4, 0.5) is 4.79 Å². The molecule has 3 N–H and O–H groups in total. The zero-order valence-corrected chi connectivity index (χ0v) is 13.3. The third kappa shape index (κ3) is 4.13. The van der Waals surface area contributed by atoms with Crippen molar-refractivity contribution in [1.29, 1.82) is 0 Å². The highest BCUT2D eigenvalue weighted by Crippen LogP contribution is 2.28. The van der Waals surface area contributed by atoms with Crippen LogP contribution in [-0.4, -0.2) is 29.0 Å². The molecule has 0 aliphatic rings. The van der Waals surface area contributed by atoms with Crippen molar-refractivity contribution < 1.29 is 19.1 Å². The lowest BCUT2D eigenvalue weighted by Crippen LogP contribution is -2.42. The van der Waals surface area contributed by atoms with Gasteiger partial charge in [0.1, 0.15) is 9.88 Å². The van der Waals surface area contributed by atoms with Crippen molar-refractivity contribution in [1.82, 2.24) is 10.3 Å². The average molecular weight is 333 g/mol. The van der Waals surface area contributed by atoms with Gasteiger partial charge in [-0.25, -0.2) is 14.6 Å². The number of amides is 3. The molecule has 0 fully saturated rings. The monoisotopic (exact) mass is 333 g/mol. The van der Waals surface area contributed by atoms with Gasteiger partial charge in [-0.15, -0.1) is 11.3 Å². The summed E-state index contributed by atoms with van der Waals surface area (Å²) in [7, 11) is 0. The number of carbonyl (C=O) groups excluding carboxylic acids is 3. The summed E-state index contributed by atoms with van der Waals surface area (Å²) in [5.41, 5.74) is 6.25. The Labute approximate surface area is 136 Å². The van der Waals surface area contributed by atoms with Crippen LogP contribution < -0.4 is 11.1 Å². The van der Waals surface area contributed by atoms with Gasteiger partial charge in [0, 0.05) is 5.56 Å². The lowest BCUT2D eigenvalue weighted by Gasteiger charge is -2.11. The molecule has 2 rings (SSSR count). The number of nitrogens with one attached hydrogen (secondary N) is 1. The van der Waals surface area contributed by atoms with E-state index in [0.717, 1.165) is 5.56 Å². The Kier molecular flexibility index (Phi) is 5.07. The molecule has 120 valence electrons. The fourth-order valence-corrected chi connectivity index (χ4v) is 2.74. The molecule has 3 amide bonds. The molecule has 1 aromatic carbocycles. The van der Waals surface area contributed by atoms with E-state index in [0.29, 0.717) is 15.6 Å². The second-order valence-electron chi connectivity index (χ2n) is 4.70. The Morgan fingerprint density at radius 2 is 1.91 bits per heavy atom. The zero-order chi connectivity index (χ0) is 17.0. The van der Waals surface area contributed by atoms with Gasteiger partial charge in [0.2, 0.25) is 0 Å². The maximum Gasteiger partial charge on any atom is 0.351 e. The Balaban J connectivity index is 2.13. The molecular weight excluding hydrogens is 318 g/mol. The van der Waals surface area contributed by atoms with Gasteiger partial charge in [0.25, 0.3) is 5.91 Å². The molecule has 8 heteroatoms. The highest BCUT2D eigenvalue weighted by molar-refractivity contribution is 7.17. The predicted octanol–water partition coefficient (Wildman–Crippen LogP) is 1.86. The van der Waals surface area contributed by atoms with Crippen molar-refractivity contribution in [2.75, 3.05) is 0 Å². The molecule has 0 saturated heterocycles. The van der Waals surface area contributed by atoms with Crippen LogP contribution in [0.25, 0.3) is 10.6 Å². The molecule has 1 atom stereocenters. The van der Waals surface area contributed by atoms with Gasteiger partial charge < -0.3 is 10.5 Å². The molecule has 1 aromatic heterocycles. The smallest absolute Gasteiger partial charge is 0.351 e. The number of aromatic nitrogens is 1. The van der Waals surface area contributed by atoms with E-state index < -0.39 is 24.0 Å². The number of nitrogens with zero attached hydrogens (tertiary/aromatic N) is 1. The fraction of sp³-hybridized carbons (Fsp3) is 0.200. The van der Waals surface area contributed by atoms with Gasteiger partial charge in [-0.05, 0) is 13.8 Å². The molecule has 0 radical (unpaired) electrons. The van der Waals surface area contributed by atoms with E-state index in [1.807, 2.05) is 35.6 Å². The van der Waals surface area contributed by atoms with Gasteiger partial charge in [-0.2, -0.15) is 0 Å². The summed E-state index contributed by atoms with van der Waals surface area (Å²) in [6, 6.07) is 8.41. The van der Waals surface area contributed by atoms with E-state index in [1.165, 1.54) is 18.3 Å². The number of aryl methyl sites for hydroxylation is 1. The van der Waals surface area contributed by atoms with E-state index in [4.69, 9.17) is 10.5 Å². The van der Waals surface area contributed by atoms with E-state index in [9.17, 15) is 14.4 Å². The molecular formula is C15H15N3O4S. The van der Waals surface area contributed by atoms with Crippen LogP contribution in [0.15, 0.2) is 30.3 Å². The minimum absolute atomic E-state index is 0.308. The Hall–Kier alpha value is -2.74. The highest BCUT2D eigenvalue weighted by atomic mass is 32.1. The Bertz CT molecular complexity index is 742. The third-order valence-corrected chi connectivity index (χ3v) is 4.09. The molecule has 0 aliphatic carbocycles. The number of thiazole rings is 1. The number of esters is 1. The van der Waals surface area contributed by atoms with Crippen LogP contribution >= 0.6 is 11.3 Å². The van der Waals surface area contributed by atoms with Crippen LogP contribution in [0.5, 0.6) is 0 Å². The number of hydrogen-bond acceptors (Lipinski definition) is 6. The number of carbonyl (C=O) groups is 3. The van der Waals surface area contributed by atoms with Gasteiger partial charge >= 0.3 is 12.0 Å². The molecule has 23 heavy (non-hydrogen) atoms. The van der Waals surface area contributed by atoms with Gasteiger partial charge in [-0.3, -0.25) is 10.1 Å². The van der Waals surface area contributed by atoms with Crippen LogP contribution in [0.2, 0.25) is 0 Å². The average Bonchev–Trinajstić information content (AvgIpc) is 2.89. The topological polar surface area (TPSA) is 111 Å². The molecule has 0 bridgehead atoms. The Morgan fingerprint density at radius 1 is 1.26 bits per heavy atom. The maximum atomic E-state index is 12.2. The van der Waals surface area contributed by atoms with E-state index >= 15 is 0 Å². The van der Waals surface area contributed by atoms with Gasteiger partial charge in [0.05, 0.1) is 5.69 Å². The van der Waals surface area contributed by atoms with Crippen molar-refractivity contribution in [2.24, 2.45) is 5.73 Å². The van der Waals surface area contributed by atoms with Crippen LogP contribution in [0.1, 0.15) is 22.3 Å². The number of nitrogens with two attached hydrogens (primary N) is 1. The number of primary amides is 1. The number of imide groups is 1. The number of urea groups is 1. The highest BCUT2D eigenvalue weighted by Gasteiger charge is 2.23. The normalized spacial score (nSPS) is 11.6. The van der Waals surface area contributed by atoms with E-state index in [1.54, 1.807) is 6.92 Å². The lowest BCUT2D eigenvalue weighted by atomic mass is 10.2. The van der Waals surface area contributed by atoms with Crippen molar-refractivity contribution in [2.45, 2.75) is 20.0 Å². The van der Waals surface area contributed by atoms with E-state index in [-0.39, 0.29) is 0 Å². The zero-order valence-electron chi connectivity index (χ0n) is 12.5. The summed E-state index contributed by atoms with van der Waals surface area (Å²) in [4.78, 5) is 39.0. The first-order valence-corrected chi connectivity index (χ1v) is 7.54. The van der Waals surface area contributed by atoms with Crippen LogP contribution in [-0.2, 0) is 9.53 Å². The first-order valence-electron chi connectivity index (χ1n) is 6.72. The lowest BCUT2D eigenvalue weighted by molar-refractivity contribution is -0.127. The van der Waals surface area contributed by atoms with Crippen molar-refractivity contribution >= 4 is 29.2 Å². The van der Waals surface area contributed by atoms with Crippen LogP contribution in [0, 0.1) is 6.92 Å². The molecule has 0 spiro atoms.